The minimum absolute atomic E-state index is 0.0945. The zero-order chi connectivity index (χ0) is 15.8. The monoisotopic (exact) mass is 311 g/mol. The van der Waals surface area contributed by atoms with Crippen LogP contribution in [-0.4, -0.2) is 24.9 Å². The van der Waals surface area contributed by atoms with Gasteiger partial charge < -0.3 is 15.0 Å². The molecule has 1 aliphatic rings. The zero-order valence-electron chi connectivity index (χ0n) is 12.7. The summed E-state index contributed by atoms with van der Waals surface area (Å²) >= 11 is 5.68. The van der Waals surface area contributed by atoms with Crippen LogP contribution in [0.2, 0.25) is 5.02 Å². The molecule has 0 saturated carbocycles. The Kier molecular flexibility index (Phi) is 4.50. The first-order chi connectivity index (χ1) is 9.66. The lowest BCUT2D eigenvalue weighted by molar-refractivity contribution is 0.00578. The van der Waals surface area contributed by atoms with Crippen LogP contribution in [0, 0.1) is 5.82 Å². The standard InChI is InChI=1S/C15H20BClFNO2/c1-14(2)15(3,4)21-16(20-14)11(9-19)7-10-5-6-12(17)13(18)8-10/h5-8H,9,19H2,1-4H3. The van der Waals surface area contributed by atoms with E-state index in [0.29, 0.717) is 5.56 Å². The Morgan fingerprint density at radius 2 is 1.86 bits per heavy atom. The van der Waals surface area contributed by atoms with Crippen molar-refractivity contribution in [3.63, 3.8) is 0 Å². The fourth-order valence-corrected chi connectivity index (χ4v) is 2.15. The highest BCUT2D eigenvalue weighted by Gasteiger charge is 2.52. The Hall–Kier alpha value is -0.875. The highest BCUT2D eigenvalue weighted by Crippen LogP contribution is 2.38. The molecule has 1 heterocycles. The molecule has 1 aromatic rings. The molecule has 114 valence electrons. The van der Waals surface area contributed by atoms with E-state index >= 15 is 0 Å². The van der Waals surface area contributed by atoms with Gasteiger partial charge in [0.25, 0.3) is 0 Å². The minimum Gasteiger partial charge on any atom is -0.400 e. The maximum atomic E-state index is 13.5. The number of benzene rings is 1. The third-order valence-electron chi connectivity index (χ3n) is 4.09. The zero-order valence-corrected chi connectivity index (χ0v) is 13.5. The molecule has 6 heteroatoms. The second-order valence-corrected chi connectivity index (χ2v) is 6.59. The number of halogens is 2. The first kappa shape index (κ1) is 16.5. The molecule has 0 atom stereocenters. The lowest BCUT2D eigenvalue weighted by Gasteiger charge is -2.32. The second-order valence-electron chi connectivity index (χ2n) is 6.19. The van der Waals surface area contributed by atoms with E-state index < -0.39 is 24.1 Å². The van der Waals surface area contributed by atoms with Crippen LogP contribution in [0.5, 0.6) is 0 Å². The van der Waals surface area contributed by atoms with Gasteiger partial charge >= 0.3 is 7.12 Å². The molecule has 1 aliphatic heterocycles. The van der Waals surface area contributed by atoms with Gasteiger partial charge in [0.1, 0.15) is 5.82 Å². The van der Waals surface area contributed by atoms with E-state index in [2.05, 4.69) is 0 Å². The molecule has 0 unspecified atom stereocenters. The third-order valence-corrected chi connectivity index (χ3v) is 4.39. The average Bonchev–Trinajstić information content (AvgIpc) is 2.59. The molecule has 2 N–H and O–H groups in total. The van der Waals surface area contributed by atoms with Crippen LogP contribution in [0.25, 0.3) is 6.08 Å². The largest absolute Gasteiger partial charge is 0.491 e. The molecule has 0 aliphatic carbocycles. The van der Waals surface area contributed by atoms with E-state index in [0.717, 1.165) is 5.47 Å². The van der Waals surface area contributed by atoms with Crippen molar-refractivity contribution in [1.82, 2.24) is 0 Å². The summed E-state index contributed by atoms with van der Waals surface area (Å²) in [7, 11) is -0.529. The van der Waals surface area contributed by atoms with Gasteiger partial charge in [-0.25, -0.2) is 4.39 Å². The molecule has 0 radical (unpaired) electrons. The normalized spacial score (nSPS) is 20.9. The molecule has 0 spiro atoms. The topological polar surface area (TPSA) is 44.5 Å². The number of nitrogens with two attached hydrogens (primary N) is 1. The molecule has 0 bridgehead atoms. The average molecular weight is 312 g/mol. The van der Waals surface area contributed by atoms with Crippen LogP contribution in [-0.2, 0) is 9.31 Å². The first-order valence-corrected chi connectivity index (χ1v) is 7.25. The van der Waals surface area contributed by atoms with Crippen LogP contribution in [0.4, 0.5) is 4.39 Å². The van der Waals surface area contributed by atoms with Crippen LogP contribution >= 0.6 is 11.6 Å². The Morgan fingerprint density at radius 1 is 1.29 bits per heavy atom. The molecule has 3 nitrogen and oxygen atoms in total. The summed E-state index contributed by atoms with van der Waals surface area (Å²) in [4.78, 5) is 0. The van der Waals surface area contributed by atoms with E-state index in [4.69, 9.17) is 26.6 Å². The van der Waals surface area contributed by atoms with Crippen molar-refractivity contribution >= 4 is 24.8 Å². The van der Waals surface area contributed by atoms with Gasteiger partial charge in [-0.15, -0.1) is 0 Å². The fourth-order valence-electron chi connectivity index (χ4n) is 2.03. The quantitative estimate of drug-likeness (QED) is 0.870. The highest BCUT2D eigenvalue weighted by molar-refractivity contribution is 6.55. The maximum absolute atomic E-state index is 13.5. The lowest BCUT2D eigenvalue weighted by atomic mass is 9.77. The van der Waals surface area contributed by atoms with Crippen LogP contribution in [0.15, 0.2) is 23.7 Å². The van der Waals surface area contributed by atoms with Crippen molar-refractivity contribution in [1.29, 1.82) is 0 Å². The SMILES string of the molecule is CC1(C)OB(C(=Cc2ccc(Cl)c(F)c2)CN)OC1(C)C. The van der Waals surface area contributed by atoms with Crippen LogP contribution < -0.4 is 5.73 Å². The summed E-state index contributed by atoms with van der Waals surface area (Å²) < 4.78 is 25.4. The van der Waals surface area contributed by atoms with E-state index in [9.17, 15) is 4.39 Å². The van der Waals surface area contributed by atoms with Gasteiger partial charge in [-0.3, -0.25) is 0 Å². The Bertz CT molecular complexity index is 559. The molecular weight excluding hydrogens is 291 g/mol. The molecule has 21 heavy (non-hydrogen) atoms. The maximum Gasteiger partial charge on any atom is 0.491 e. The van der Waals surface area contributed by atoms with Crippen molar-refractivity contribution in [2.75, 3.05) is 6.54 Å². The minimum atomic E-state index is -0.529. The molecule has 0 amide bonds. The van der Waals surface area contributed by atoms with Crippen molar-refractivity contribution in [2.24, 2.45) is 5.73 Å². The molecule has 1 fully saturated rings. The van der Waals surface area contributed by atoms with Crippen LogP contribution in [0.1, 0.15) is 33.3 Å². The number of rotatable bonds is 3. The van der Waals surface area contributed by atoms with Gasteiger partial charge in [-0.2, -0.15) is 0 Å². The van der Waals surface area contributed by atoms with Gasteiger partial charge in [-0.1, -0.05) is 23.7 Å². The molecule has 1 aromatic carbocycles. The summed E-state index contributed by atoms with van der Waals surface area (Å²) in [6, 6.07) is 4.61. The van der Waals surface area contributed by atoms with Crippen molar-refractivity contribution in [3.05, 3.63) is 40.1 Å². The molecule has 2 rings (SSSR count). The van der Waals surface area contributed by atoms with Gasteiger partial charge in [-0.05, 0) is 50.9 Å². The van der Waals surface area contributed by atoms with E-state index in [1.54, 1.807) is 12.1 Å². The lowest BCUT2D eigenvalue weighted by Crippen LogP contribution is -2.41. The van der Waals surface area contributed by atoms with Crippen LogP contribution in [0.3, 0.4) is 0 Å². The van der Waals surface area contributed by atoms with Crippen molar-refractivity contribution in [3.8, 4) is 0 Å². The van der Waals surface area contributed by atoms with Gasteiger partial charge in [0.05, 0.1) is 16.2 Å². The molecule has 1 saturated heterocycles. The van der Waals surface area contributed by atoms with Crippen molar-refractivity contribution in [2.45, 2.75) is 38.9 Å². The Morgan fingerprint density at radius 3 is 2.33 bits per heavy atom. The van der Waals surface area contributed by atoms with E-state index in [1.807, 2.05) is 27.7 Å². The van der Waals surface area contributed by atoms with Gasteiger partial charge in [0.15, 0.2) is 0 Å². The Labute approximate surface area is 130 Å². The fraction of sp³-hybridized carbons (Fsp3) is 0.467. The van der Waals surface area contributed by atoms with Crippen molar-refractivity contribution < 1.29 is 13.7 Å². The predicted molar refractivity (Wildman–Crippen MR) is 84.5 cm³/mol. The molecular formula is C15H20BClFNO2. The third kappa shape index (κ3) is 3.32. The first-order valence-electron chi connectivity index (χ1n) is 6.87. The van der Waals surface area contributed by atoms with Gasteiger partial charge in [0.2, 0.25) is 0 Å². The second kappa shape index (κ2) is 5.73. The van der Waals surface area contributed by atoms with Gasteiger partial charge in [0, 0.05) is 6.54 Å². The Balaban J connectivity index is 2.28. The number of hydrogen-bond donors (Lipinski definition) is 1. The summed E-state index contributed by atoms with van der Waals surface area (Å²) in [6.07, 6.45) is 1.78. The highest BCUT2D eigenvalue weighted by atomic mass is 35.5. The number of hydrogen-bond acceptors (Lipinski definition) is 3. The van der Waals surface area contributed by atoms with E-state index in [-0.39, 0.29) is 11.6 Å². The summed E-state index contributed by atoms with van der Waals surface area (Å²) in [5.74, 6) is -0.462. The smallest absolute Gasteiger partial charge is 0.400 e. The predicted octanol–water partition coefficient (Wildman–Crippen LogP) is 3.45. The summed E-state index contributed by atoms with van der Waals surface area (Å²) in [6.45, 7) is 8.17. The summed E-state index contributed by atoms with van der Waals surface area (Å²) in [5.41, 5.74) is 6.36. The summed E-state index contributed by atoms with van der Waals surface area (Å²) in [5, 5.41) is 0.0945. The molecule has 0 aromatic heterocycles. The van der Waals surface area contributed by atoms with E-state index in [1.165, 1.54) is 12.1 Å².